The summed E-state index contributed by atoms with van der Waals surface area (Å²) < 4.78 is 16.7. The zero-order chi connectivity index (χ0) is 47.2. The third-order valence-electron chi connectivity index (χ3n) is 10.6. The molecule has 0 aliphatic heterocycles. The van der Waals surface area contributed by atoms with E-state index in [4.69, 9.17) is 14.2 Å². The average molecular weight is 899 g/mol. The van der Waals surface area contributed by atoms with Crippen LogP contribution in [0, 0.1) is 0 Å². The van der Waals surface area contributed by atoms with Gasteiger partial charge in [-0.05, 0) is 103 Å². The quantitative estimate of drug-likeness (QED) is 0.0199. The molecule has 65 heavy (non-hydrogen) atoms. The van der Waals surface area contributed by atoms with E-state index in [0.29, 0.717) is 19.3 Å². The summed E-state index contributed by atoms with van der Waals surface area (Å²) in [6, 6.07) is 0. The van der Waals surface area contributed by atoms with Crippen molar-refractivity contribution in [2.45, 2.75) is 219 Å². The minimum Gasteiger partial charge on any atom is -0.462 e. The van der Waals surface area contributed by atoms with Gasteiger partial charge in [-0.3, -0.25) is 14.4 Å². The van der Waals surface area contributed by atoms with Crippen molar-refractivity contribution >= 4 is 17.9 Å². The van der Waals surface area contributed by atoms with Crippen LogP contribution in [0.25, 0.3) is 0 Å². The van der Waals surface area contributed by atoms with Gasteiger partial charge >= 0.3 is 17.9 Å². The van der Waals surface area contributed by atoms with Gasteiger partial charge in [-0.2, -0.15) is 0 Å². The second kappa shape index (κ2) is 52.4. The van der Waals surface area contributed by atoms with Crippen LogP contribution < -0.4 is 0 Å². The Morgan fingerprint density at radius 1 is 0.338 bits per heavy atom. The van der Waals surface area contributed by atoms with Crippen molar-refractivity contribution in [2.24, 2.45) is 0 Å². The molecule has 6 nitrogen and oxygen atoms in total. The van der Waals surface area contributed by atoms with E-state index in [1.54, 1.807) is 0 Å². The van der Waals surface area contributed by atoms with E-state index in [2.05, 4.69) is 142 Å². The van der Waals surface area contributed by atoms with Gasteiger partial charge in [0.2, 0.25) is 0 Å². The van der Waals surface area contributed by atoms with Crippen LogP contribution in [0.5, 0.6) is 0 Å². The van der Waals surface area contributed by atoms with Crippen molar-refractivity contribution < 1.29 is 28.6 Å². The van der Waals surface area contributed by atoms with Crippen LogP contribution in [-0.4, -0.2) is 37.2 Å². The minimum atomic E-state index is -0.815. The summed E-state index contributed by atoms with van der Waals surface area (Å²) >= 11 is 0. The molecule has 0 aromatic carbocycles. The van der Waals surface area contributed by atoms with Crippen LogP contribution >= 0.6 is 0 Å². The van der Waals surface area contributed by atoms with Gasteiger partial charge in [0.1, 0.15) is 13.2 Å². The molecule has 0 amide bonds. The fourth-order valence-electron chi connectivity index (χ4n) is 6.67. The third kappa shape index (κ3) is 50.7. The third-order valence-corrected chi connectivity index (χ3v) is 10.6. The highest BCUT2D eigenvalue weighted by Gasteiger charge is 2.19. The number of esters is 3. The first-order valence-corrected chi connectivity index (χ1v) is 26.1. The van der Waals surface area contributed by atoms with Crippen molar-refractivity contribution in [3.05, 3.63) is 122 Å². The van der Waals surface area contributed by atoms with Gasteiger partial charge < -0.3 is 14.2 Å². The molecule has 0 spiro atoms. The number of hydrogen-bond acceptors (Lipinski definition) is 6. The number of unbranched alkanes of at least 4 members (excludes halogenated alkanes) is 18. The molecule has 0 aliphatic carbocycles. The molecule has 0 saturated heterocycles. The largest absolute Gasteiger partial charge is 0.462 e. The average Bonchev–Trinajstić information content (AvgIpc) is 3.30. The number of hydrogen-bond donors (Lipinski definition) is 0. The highest BCUT2D eigenvalue weighted by Crippen LogP contribution is 2.12. The van der Waals surface area contributed by atoms with Crippen molar-refractivity contribution in [3.63, 3.8) is 0 Å². The van der Waals surface area contributed by atoms with Gasteiger partial charge in [0.15, 0.2) is 6.10 Å². The maximum Gasteiger partial charge on any atom is 0.306 e. The normalized spacial score (nSPS) is 13.1. The van der Waals surface area contributed by atoms with E-state index in [-0.39, 0.29) is 37.5 Å². The van der Waals surface area contributed by atoms with Crippen LogP contribution in [0.3, 0.4) is 0 Å². The molecule has 1 atom stereocenters. The van der Waals surface area contributed by atoms with Crippen molar-refractivity contribution in [1.29, 1.82) is 0 Å². The number of ether oxygens (including phenoxy) is 3. The molecule has 0 rings (SSSR count). The lowest BCUT2D eigenvalue weighted by molar-refractivity contribution is -0.167. The first-order valence-electron chi connectivity index (χ1n) is 26.1. The molecule has 0 aliphatic rings. The number of allylic oxidation sites excluding steroid dienone is 20. The second-order valence-electron chi connectivity index (χ2n) is 16.8. The van der Waals surface area contributed by atoms with Crippen LogP contribution in [-0.2, 0) is 28.6 Å². The summed E-state index contributed by atoms with van der Waals surface area (Å²) in [7, 11) is 0. The Morgan fingerprint density at radius 3 is 1.12 bits per heavy atom. The minimum absolute atomic E-state index is 0.112. The predicted octanol–water partition coefficient (Wildman–Crippen LogP) is 17.3. The molecule has 0 N–H and O–H groups in total. The Kier molecular flexibility index (Phi) is 49.1. The van der Waals surface area contributed by atoms with E-state index >= 15 is 0 Å². The Balaban J connectivity index is 4.53. The summed E-state index contributed by atoms with van der Waals surface area (Å²) in [5.41, 5.74) is 0. The molecule has 0 fully saturated rings. The Labute approximate surface area is 399 Å². The van der Waals surface area contributed by atoms with Crippen LogP contribution in [0.4, 0.5) is 0 Å². The van der Waals surface area contributed by atoms with Gasteiger partial charge in [-0.25, -0.2) is 0 Å². The Hall–Kier alpha value is -4.19. The molecule has 0 heterocycles. The predicted molar refractivity (Wildman–Crippen MR) is 279 cm³/mol. The molecule has 0 bridgehead atoms. The maximum atomic E-state index is 12.8. The van der Waals surface area contributed by atoms with E-state index < -0.39 is 6.10 Å². The lowest BCUT2D eigenvalue weighted by atomic mass is 10.1. The van der Waals surface area contributed by atoms with Gasteiger partial charge in [-0.1, -0.05) is 213 Å². The fraction of sp³-hybridized carbons (Fsp3) is 0.610. The van der Waals surface area contributed by atoms with Crippen molar-refractivity contribution in [3.8, 4) is 0 Å². The number of carbonyl (C=O) groups excluding carboxylic acids is 3. The molecule has 0 saturated carbocycles. The molecule has 0 aromatic heterocycles. The topological polar surface area (TPSA) is 78.9 Å². The van der Waals surface area contributed by atoms with E-state index in [9.17, 15) is 14.4 Å². The smallest absolute Gasteiger partial charge is 0.306 e. The lowest BCUT2D eigenvalue weighted by Gasteiger charge is -2.18. The summed E-state index contributed by atoms with van der Waals surface area (Å²) in [6.07, 6.45) is 71.8. The SMILES string of the molecule is CC/C=C/C=C/C=C/CCCCCCCC(=O)OCC(COC(=O)CCCCCCC/C=C/C=C/C=C/CCCCCCC)OC(=O)CCCCC/C=C/C/C=C/C/C=C/C/C=C/CC. The molecule has 0 radical (unpaired) electrons. The van der Waals surface area contributed by atoms with Crippen LogP contribution in [0.1, 0.15) is 213 Å². The number of carbonyl (C=O) groups is 3. The fourth-order valence-corrected chi connectivity index (χ4v) is 6.67. The second-order valence-corrected chi connectivity index (χ2v) is 16.8. The van der Waals surface area contributed by atoms with E-state index in [1.807, 2.05) is 0 Å². The van der Waals surface area contributed by atoms with E-state index in [1.165, 1.54) is 32.1 Å². The first kappa shape index (κ1) is 60.8. The molecular weight excluding hydrogens is 805 g/mol. The monoisotopic (exact) mass is 899 g/mol. The number of rotatable bonds is 45. The van der Waals surface area contributed by atoms with Crippen molar-refractivity contribution in [1.82, 2.24) is 0 Å². The summed E-state index contributed by atoms with van der Waals surface area (Å²) in [5, 5.41) is 0. The molecular formula is C59H94O6. The summed E-state index contributed by atoms with van der Waals surface area (Å²) in [6.45, 7) is 6.29. The molecule has 1 unspecified atom stereocenters. The highest BCUT2D eigenvalue weighted by molar-refractivity contribution is 5.71. The van der Waals surface area contributed by atoms with E-state index in [0.717, 1.165) is 135 Å². The van der Waals surface area contributed by atoms with Gasteiger partial charge in [-0.15, -0.1) is 0 Å². The summed E-state index contributed by atoms with van der Waals surface area (Å²) in [4.78, 5) is 38.0. The van der Waals surface area contributed by atoms with Gasteiger partial charge in [0.25, 0.3) is 0 Å². The maximum absolute atomic E-state index is 12.8. The van der Waals surface area contributed by atoms with Crippen molar-refractivity contribution in [2.75, 3.05) is 13.2 Å². The van der Waals surface area contributed by atoms with Gasteiger partial charge in [0.05, 0.1) is 0 Å². The van der Waals surface area contributed by atoms with Gasteiger partial charge in [0, 0.05) is 19.3 Å². The summed E-state index contributed by atoms with van der Waals surface area (Å²) in [5.74, 6) is -0.990. The molecule has 0 aromatic rings. The van der Waals surface area contributed by atoms with Crippen LogP contribution in [0.2, 0.25) is 0 Å². The standard InChI is InChI=1S/C59H94O6/c1-4-7-10-13-16-19-22-25-27-29-30-32-34-37-40-43-46-49-52-58(61)64-55-56(54-63-57(60)51-48-45-42-39-36-33-24-21-18-15-12-9-6-3)65-59(62)53-50-47-44-41-38-35-31-28-26-23-20-17-14-11-8-5-2/h8-9,11-12,15,17-18,20-22,24-30,32,35,38,56H,4-7,10,13-14,16,19,23,31,33-34,36-37,39-55H2,1-3H3/b11-8+,12-9+,18-15+,20-17+,24-21+,25-22+,28-26+,29-27+,32-30+,38-35+. The van der Waals surface area contributed by atoms with Crippen LogP contribution in [0.15, 0.2) is 122 Å². The lowest BCUT2D eigenvalue weighted by Crippen LogP contribution is -2.30. The zero-order valence-electron chi connectivity index (χ0n) is 41.7. The molecule has 6 heteroatoms. The molecule has 366 valence electrons. The zero-order valence-corrected chi connectivity index (χ0v) is 41.7. The first-order chi connectivity index (χ1) is 32.0. The Morgan fingerprint density at radius 2 is 0.677 bits per heavy atom. The Bertz CT molecular complexity index is 1400. The highest BCUT2D eigenvalue weighted by atomic mass is 16.6.